The van der Waals surface area contributed by atoms with Gasteiger partial charge >= 0.3 is 5.97 Å². The first kappa shape index (κ1) is 27.3. The van der Waals surface area contributed by atoms with Crippen LogP contribution in [0.5, 0.6) is 11.5 Å². The lowest BCUT2D eigenvalue weighted by Gasteiger charge is -2.22. The first-order valence-corrected chi connectivity index (χ1v) is 12.5. The summed E-state index contributed by atoms with van der Waals surface area (Å²) in [4.78, 5) is 36.6. The van der Waals surface area contributed by atoms with Crippen LogP contribution < -0.4 is 15.4 Å². The monoisotopic (exact) mass is 525 g/mol. The highest BCUT2D eigenvalue weighted by molar-refractivity contribution is 5.92. The van der Waals surface area contributed by atoms with Crippen LogP contribution in [0.25, 0.3) is 17.0 Å². The molecule has 0 aliphatic rings. The van der Waals surface area contributed by atoms with Gasteiger partial charge in [-0.05, 0) is 81.3 Å². The predicted molar refractivity (Wildman–Crippen MR) is 151 cm³/mol. The van der Waals surface area contributed by atoms with Gasteiger partial charge in [-0.2, -0.15) is 0 Å². The average Bonchev–Trinajstić information content (AvgIpc) is 2.89. The zero-order valence-corrected chi connectivity index (χ0v) is 22.6. The highest BCUT2D eigenvalue weighted by Gasteiger charge is 2.30. The molecule has 0 spiro atoms. The third-order valence-electron chi connectivity index (χ3n) is 5.85. The molecular formula is C30H31N5O4. The number of hydrogen-bond donors (Lipinski definition) is 2. The van der Waals surface area contributed by atoms with Crippen LogP contribution in [-0.2, 0) is 14.3 Å². The molecule has 2 heterocycles. The van der Waals surface area contributed by atoms with Crippen molar-refractivity contribution in [2.45, 2.75) is 40.2 Å². The van der Waals surface area contributed by atoms with Crippen LogP contribution in [0.1, 0.15) is 37.6 Å². The van der Waals surface area contributed by atoms with E-state index >= 15 is 0 Å². The Bertz CT molecular complexity index is 1530. The fourth-order valence-corrected chi connectivity index (χ4v) is 3.86. The van der Waals surface area contributed by atoms with Crippen LogP contribution in [0.2, 0.25) is 0 Å². The number of ether oxygens (including phenoxy) is 2. The van der Waals surface area contributed by atoms with E-state index in [4.69, 9.17) is 9.47 Å². The maximum absolute atomic E-state index is 12.3. The molecular weight excluding hydrogens is 494 g/mol. The van der Waals surface area contributed by atoms with E-state index in [-0.39, 0.29) is 12.5 Å². The summed E-state index contributed by atoms with van der Waals surface area (Å²) in [6.45, 7) is 8.57. The van der Waals surface area contributed by atoms with Crippen LogP contribution in [0.4, 0.5) is 11.5 Å². The number of aryl methyl sites for hydroxylation is 2. The molecule has 2 aromatic heterocycles. The Kier molecular flexibility index (Phi) is 8.19. The number of pyridine rings is 1. The lowest BCUT2D eigenvalue weighted by molar-refractivity contribution is -0.162. The highest BCUT2D eigenvalue weighted by Crippen LogP contribution is 2.30. The van der Waals surface area contributed by atoms with Crippen LogP contribution in [-0.4, -0.2) is 39.0 Å². The number of carbonyl (C=O) groups is 2. The largest absolute Gasteiger partial charge is 0.455 e. The minimum atomic E-state index is -1.24. The van der Waals surface area contributed by atoms with Gasteiger partial charge in [-0.1, -0.05) is 18.2 Å². The van der Waals surface area contributed by atoms with Gasteiger partial charge in [0.25, 0.3) is 5.91 Å². The summed E-state index contributed by atoms with van der Waals surface area (Å²) in [5.41, 5.74) is 3.23. The van der Waals surface area contributed by atoms with Crippen molar-refractivity contribution in [3.63, 3.8) is 0 Å². The summed E-state index contributed by atoms with van der Waals surface area (Å²) < 4.78 is 11.0. The van der Waals surface area contributed by atoms with E-state index in [1.165, 1.54) is 13.3 Å². The number of rotatable bonds is 9. The van der Waals surface area contributed by atoms with E-state index in [9.17, 15) is 9.59 Å². The number of carbonyl (C=O) groups excluding carboxylic acids is 2. The fraction of sp³-hybridized carbons (Fsp3) is 0.233. The predicted octanol–water partition coefficient (Wildman–Crippen LogP) is 5.65. The minimum Gasteiger partial charge on any atom is -0.455 e. The van der Waals surface area contributed by atoms with Crippen molar-refractivity contribution in [1.82, 2.24) is 20.3 Å². The van der Waals surface area contributed by atoms with Crippen molar-refractivity contribution < 1.29 is 19.1 Å². The maximum Gasteiger partial charge on any atom is 0.303 e. The van der Waals surface area contributed by atoms with Gasteiger partial charge in [0.05, 0.1) is 11.7 Å². The standard InChI is InChI=1S/C30H31N5O4/c1-19-15-23(10-13-27(19)38-24-11-8-20(2)32-17-24)35-28-25-16-22(9-12-26(25)33-18-34-28)7-6-14-31-29(37)30(4,5)39-21(3)36/h6-13,15-18H,14H2,1-5H3,(H,31,37)(H,33,34,35). The smallest absolute Gasteiger partial charge is 0.303 e. The number of hydrogen-bond acceptors (Lipinski definition) is 8. The molecule has 0 radical (unpaired) electrons. The Labute approximate surface area is 227 Å². The first-order valence-electron chi connectivity index (χ1n) is 12.5. The molecule has 0 fully saturated rings. The van der Waals surface area contributed by atoms with E-state index in [2.05, 4.69) is 25.6 Å². The van der Waals surface area contributed by atoms with Crippen LogP contribution in [0, 0.1) is 13.8 Å². The molecule has 1 amide bonds. The van der Waals surface area contributed by atoms with Crippen LogP contribution in [0.3, 0.4) is 0 Å². The third-order valence-corrected chi connectivity index (χ3v) is 5.85. The summed E-state index contributed by atoms with van der Waals surface area (Å²) in [7, 11) is 0. The van der Waals surface area contributed by atoms with E-state index in [1.54, 1.807) is 20.0 Å². The van der Waals surface area contributed by atoms with Gasteiger partial charge in [-0.3, -0.25) is 14.6 Å². The average molecular weight is 526 g/mol. The van der Waals surface area contributed by atoms with Gasteiger partial charge in [0, 0.05) is 30.2 Å². The molecule has 4 aromatic rings. The third kappa shape index (κ3) is 7.16. The number of benzene rings is 2. The SMILES string of the molecule is CC(=O)OC(C)(C)C(=O)NCC=Cc1ccc2ncnc(Nc3ccc(Oc4ccc(C)nc4)c(C)c3)c2c1. The summed E-state index contributed by atoms with van der Waals surface area (Å²) in [6.07, 6.45) is 6.95. The zero-order valence-electron chi connectivity index (χ0n) is 22.6. The van der Waals surface area contributed by atoms with Crippen molar-refractivity contribution in [1.29, 1.82) is 0 Å². The van der Waals surface area contributed by atoms with E-state index < -0.39 is 11.6 Å². The summed E-state index contributed by atoms with van der Waals surface area (Å²) in [5.74, 6) is 1.21. The molecule has 2 N–H and O–H groups in total. The van der Waals surface area contributed by atoms with E-state index in [0.717, 1.165) is 39.2 Å². The fourth-order valence-electron chi connectivity index (χ4n) is 3.86. The molecule has 9 heteroatoms. The van der Waals surface area contributed by atoms with Crippen molar-refractivity contribution in [3.05, 3.63) is 84.0 Å². The summed E-state index contributed by atoms with van der Waals surface area (Å²) in [5, 5.41) is 6.99. The quantitative estimate of drug-likeness (QED) is 0.270. The lowest BCUT2D eigenvalue weighted by Crippen LogP contribution is -2.45. The zero-order chi connectivity index (χ0) is 28.0. The normalized spacial score (nSPS) is 11.4. The number of aromatic nitrogens is 3. The summed E-state index contributed by atoms with van der Waals surface area (Å²) in [6, 6.07) is 15.5. The number of amides is 1. The Morgan fingerprint density at radius 3 is 2.54 bits per heavy atom. The van der Waals surface area contributed by atoms with E-state index in [0.29, 0.717) is 11.6 Å². The lowest BCUT2D eigenvalue weighted by atomic mass is 10.1. The number of nitrogens with one attached hydrogen (secondary N) is 2. The molecule has 39 heavy (non-hydrogen) atoms. The number of fused-ring (bicyclic) bond motifs is 1. The minimum absolute atomic E-state index is 0.282. The molecule has 0 aliphatic heterocycles. The van der Waals surface area contributed by atoms with Gasteiger partial charge in [0.1, 0.15) is 23.6 Å². The molecule has 2 aromatic carbocycles. The summed E-state index contributed by atoms with van der Waals surface area (Å²) >= 11 is 0. The number of esters is 1. The van der Waals surface area contributed by atoms with E-state index in [1.807, 2.05) is 74.5 Å². The molecule has 0 bridgehead atoms. The molecule has 0 unspecified atom stereocenters. The van der Waals surface area contributed by atoms with Gasteiger partial charge < -0.3 is 20.1 Å². The molecule has 200 valence electrons. The molecule has 0 aliphatic carbocycles. The van der Waals surface area contributed by atoms with Gasteiger partial charge in [-0.25, -0.2) is 9.97 Å². The van der Waals surface area contributed by atoms with Gasteiger partial charge in [0.15, 0.2) is 5.60 Å². The number of nitrogens with zero attached hydrogens (tertiary/aromatic N) is 3. The maximum atomic E-state index is 12.3. The Morgan fingerprint density at radius 1 is 1.00 bits per heavy atom. The van der Waals surface area contributed by atoms with Crippen molar-refractivity contribution in [2.24, 2.45) is 0 Å². The van der Waals surface area contributed by atoms with Crippen molar-refractivity contribution in [3.8, 4) is 11.5 Å². The molecule has 0 saturated carbocycles. The molecule has 0 saturated heterocycles. The van der Waals surface area contributed by atoms with Crippen molar-refractivity contribution >= 4 is 40.4 Å². The second-order valence-corrected chi connectivity index (χ2v) is 9.56. The Hall–Kier alpha value is -4.79. The molecule has 0 atom stereocenters. The molecule has 9 nitrogen and oxygen atoms in total. The number of anilines is 2. The Morgan fingerprint density at radius 2 is 1.82 bits per heavy atom. The molecule has 4 rings (SSSR count). The van der Waals surface area contributed by atoms with Crippen LogP contribution >= 0.6 is 0 Å². The topological polar surface area (TPSA) is 115 Å². The van der Waals surface area contributed by atoms with Crippen molar-refractivity contribution in [2.75, 3.05) is 11.9 Å². The highest BCUT2D eigenvalue weighted by atomic mass is 16.6. The first-order chi connectivity index (χ1) is 18.6. The second-order valence-electron chi connectivity index (χ2n) is 9.56. The Balaban J connectivity index is 1.45. The van der Waals surface area contributed by atoms with Gasteiger partial charge in [-0.15, -0.1) is 0 Å². The second kappa shape index (κ2) is 11.7. The van der Waals surface area contributed by atoms with Crippen LogP contribution in [0.15, 0.2) is 67.1 Å². The van der Waals surface area contributed by atoms with Gasteiger partial charge in [0.2, 0.25) is 0 Å².